The Balaban J connectivity index is 2.17. The number of hydrogen-bond acceptors (Lipinski definition) is 5. The Labute approximate surface area is 117 Å². The highest BCUT2D eigenvalue weighted by Gasteiger charge is 2.14. The van der Waals surface area contributed by atoms with Gasteiger partial charge in [-0.15, -0.1) is 0 Å². The van der Waals surface area contributed by atoms with Crippen LogP contribution in [-0.2, 0) is 4.79 Å². The third-order valence-corrected chi connectivity index (χ3v) is 2.84. The lowest BCUT2D eigenvalue weighted by Gasteiger charge is -2.20. The predicted octanol–water partition coefficient (Wildman–Crippen LogP) is 0.831. The minimum Gasteiger partial charge on any atom is -0.375 e. The molecule has 1 atom stereocenters. The summed E-state index contributed by atoms with van der Waals surface area (Å²) in [5.74, 6) is 0.941. The second-order valence-corrected chi connectivity index (χ2v) is 4.23. The summed E-state index contributed by atoms with van der Waals surface area (Å²) in [7, 11) is 1.81. The van der Waals surface area contributed by atoms with Gasteiger partial charge in [-0.2, -0.15) is 0 Å². The molecular formula is C14H17N5O. The van der Waals surface area contributed by atoms with E-state index in [0.717, 1.165) is 11.4 Å². The molecule has 1 aliphatic rings. The lowest BCUT2D eigenvalue weighted by atomic mass is 10.1. The highest BCUT2D eigenvalue weighted by atomic mass is 16.1. The summed E-state index contributed by atoms with van der Waals surface area (Å²) in [4.78, 5) is 15.5. The predicted molar refractivity (Wildman–Crippen MR) is 79.9 cm³/mol. The van der Waals surface area contributed by atoms with Crippen molar-refractivity contribution >= 4 is 17.6 Å². The van der Waals surface area contributed by atoms with Gasteiger partial charge in [0.25, 0.3) is 0 Å². The van der Waals surface area contributed by atoms with Gasteiger partial charge < -0.3 is 21.7 Å². The molecule has 0 aromatic heterocycles. The van der Waals surface area contributed by atoms with Crippen LogP contribution in [0.25, 0.3) is 0 Å². The number of nitrogens with one attached hydrogen (secondary N) is 3. The minimum atomic E-state index is -0.237. The monoisotopic (exact) mass is 271 g/mol. The summed E-state index contributed by atoms with van der Waals surface area (Å²) < 4.78 is 0. The number of carbonyl (C=O) groups excluding carboxylic acids is 1. The van der Waals surface area contributed by atoms with Crippen LogP contribution in [0.2, 0.25) is 0 Å². The Morgan fingerprint density at radius 3 is 2.75 bits per heavy atom. The molecule has 1 amide bonds. The molecule has 1 heterocycles. The summed E-state index contributed by atoms with van der Waals surface area (Å²) >= 11 is 0. The van der Waals surface area contributed by atoms with E-state index < -0.39 is 0 Å². The molecular weight excluding hydrogens is 254 g/mol. The molecule has 0 aliphatic carbocycles. The number of hydrogen-bond donors (Lipinski definition) is 4. The van der Waals surface area contributed by atoms with Gasteiger partial charge in [0.15, 0.2) is 5.96 Å². The molecule has 0 radical (unpaired) electrons. The van der Waals surface area contributed by atoms with Crippen LogP contribution in [0.1, 0.15) is 11.6 Å². The van der Waals surface area contributed by atoms with Crippen LogP contribution in [0.4, 0.5) is 5.69 Å². The number of rotatable bonds is 4. The summed E-state index contributed by atoms with van der Waals surface area (Å²) in [6.45, 7) is 3.41. The van der Waals surface area contributed by atoms with Crippen molar-refractivity contribution < 1.29 is 4.79 Å². The summed E-state index contributed by atoms with van der Waals surface area (Å²) in [6.07, 6.45) is 3.17. The van der Waals surface area contributed by atoms with Gasteiger partial charge >= 0.3 is 0 Å². The fraction of sp³-hybridized carbons (Fsp3) is 0.143. The summed E-state index contributed by atoms with van der Waals surface area (Å²) in [5, 5.41) is 8.61. The van der Waals surface area contributed by atoms with Crippen LogP contribution in [0.15, 0.2) is 53.8 Å². The number of nitrogens with two attached hydrogens (primary N) is 1. The zero-order valence-electron chi connectivity index (χ0n) is 11.2. The van der Waals surface area contributed by atoms with E-state index in [-0.39, 0.29) is 11.9 Å². The summed E-state index contributed by atoms with van der Waals surface area (Å²) in [5.41, 5.74) is 7.43. The topological polar surface area (TPSA) is 91.5 Å². The maximum atomic E-state index is 11.2. The van der Waals surface area contributed by atoms with Crippen LogP contribution in [0, 0.1) is 0 Å². The van der Waals surface area contributed by atoms with Crippen LogP contribution in [-0.4, -0.2) is 18.9 Å². The van der Waals surface area contributed by atoms with Gasteiger partial charge in [-0.1, -0.05) is 18.7 Å². The van der Waals surface area contributed by atoms with Crippen molar-refractivity contribution in [2.45, 2.75) is 6.04 Å². The van der Waals surface area contributed by atoms with E-state index in [4.69, 9.17) is 5.73 Å². The zero-order chi connectivity index (χ0) is 14.5. The van der Waals surface area contributed by atoms with Gasteiger partial charge in [0.05, 0.1) is 0 Å². The van der Waals surface area contributed by atoms with E-state index in [1.807, 2.05) is 37.4 Å². The lowest BCUT2D eigenvalue weighted by molar-refractivity contribution is -0.111. The molecule has 0 saturated heterocycles. The average Bonchev–Trinajstić information content (AvgIpc) is 2.47. The van der Waals surface area contributed by atoms with Crippen LogP contribution < -0.4 is 21.7 Å². The number of aliphatic imine (C=N–C) groups is 1. The second-order valence-electron chi connectivity index (χ2n) is 4.23. The molecule has 2 rings (SSSR count). The minimum absolute atomic E-state index is 0.150. The molecule has 0 saturated carbocycles. The fourth-order valence-electron chi connectivity index (χ4n) is 1.83. The first-order chi connectivity index (χ1) is 9.62. The SMILES string of the molecule is C=CC(=O)Nc1ccc(C2C=C(NC)NC(N)=N2)cc1. The van der Waals surface area contributed by atoms with Crippen molar-refractivity contribution in [3.63, 3.8) is 0 Å². The standard InChI is InChI=1S/C14H17N5O/c1-3-13(20)17-10-6-4-9(5-7-10)11-8-12(16-2)19-14(15)18-11/h3-8,11,16H,1H2,2H3,(H,17,20)(H3,15,18,19). The molecule has 104 valence electrons. The first-order valence-electron chi connectivity index (χ1n) is 6.15. The quantitative estimate of drug-likeness (QED) is 0.610. The van der Waals surface area contributed by atoms with E-state index >= 15 is 0 Å². The van der Waals surface area contributed by atoms with Crippen molar-refractivity contribution in [2.75, 3.05) is 12.4 Å². The van der Waals surface area contributed by atoms with Crippen molar-refractivity contribution in [3.05, 3.63) is 54.4 Å². The van der Waals surface area contributed by atoms with E-state index in [9.17, 15) is 4.79 Å². The lowest BCUT2D eigenvalue weighted by Crippen LogP contribution is -2.38. The highest BCUT2D eigenvalue weighted by Crippen LogP contribution is 2.23. The number of carbonyl (C=O) groups is 1. The van der Waals surface area contributed by atoms with Gasteiger partial charge in [0, 0.05) is 12.7 Å². The molecule has 6 heteroatoms. The van der Waals surface area contributed by atoms with Crippen molar-refractivity contribution in [2.24, 2.45) is 10.7 Å². The third-order valence-electron chi connectivity index (χ3n) is 2.84. The molecule has 1 aromatic carbocycles. The Kier molecular flexibility index (Phi) is 4.05. The van der Waals surface area contributed by atoms with Crippen LogP contribution in [0.5, 0.6) is 0 Å². The van der Waals surface area contributed by atoms with E-state index in [2.05, 4.69) is 27.5 Å². The zero-order valence-corrected chi connectivity index (χ0v) is 11.2. The first kappa shape index (κ1) is 13.7. The van der Waals surface area contributed by atoms with Crippen LogP contribution >= 0.6 is 0 Å². The number of amides is 1. The summed E-state index contributed by atoms with van der Waals surface area (Å²) in [6, 6.07) is 7.28. The smallest absolute Gasteiger partial charge is 0.247 e. The average molecular weight is 271 g/mol. The molecule has 1 aromatic rings. The Bertz CT molecular complexity index is 574. The largest absolute Gasteiger partial charge is 0.375 e. The van der Waals surface area contributed by atoms with Crippen LogP contribution in [0.3, 0.4) is 0 Å². The molecule has 6 nitrogen and oxygen atoms in total. The Morgan fingerprint density at radius 1 is 1.45 bits per heavy atom. The molecule has 1 unspecified atom stereocenters. The second kappa shape index (κ2) is 5.92. The van der Waals surface area contributed by atoms with Crippen molar-refractivity contribution in [1.29, 1.82) is 0 Å². The number of nitrogens with zero attached hydrogens (tertiary/aromatic N) is 1. The molecule has 5 N–H and O–H groups in total. The Hall–Kier alpha value is -2.76. The number of guanidine groups is 1. The van der Waals surface area contributed by atoms with Gasteiger partial charge in [-0.05, 0) is 29.8 Å². The number of benzene rings is 1. The van der Waals surface area contributed by atoms with Crippen molar-refractivity contribution in [3.8, 4) is 0 Å². The fourth-order valence-corrected chi connectivity index (χ4v) is 1.83. The van der Waals surface area contributed by atoms with Gasteiger partial charge in [-0.25, -0.2) is 4.99 Å². The van der Waals surface area contributed by atoms with Crippen molar-refractivity contribution in [1.82, 2.24) is 10.6 Å². The third kappa shape index (κ3) is 3.17. The van der Waals surface area contributed by atoms with E-state index in [0.29, 0.717) is 11.6 Å². The molecule has 0 fully saturated rings. The molecule has 20 heavy (non-hydrogen) atoms. The van der Waals surface area contributed by atoms with Gasteiger partial charge in [0.1, 0.15) is 11.9 Å². The molecule has 0 bridgehead atoms. The maximum Gasteiger partial charge on any atom is 0.247 e. The van der Waals surface area contributed by atoms with Gasteiger partial charge in [0.2, 0.25) is 5.91 Å². The first-order valence-corrected chi connectivity index (χ1v) is 6.15. The molecule has 0 spiro atoms. The van der Waals surface area contributed by atoms with E-state index in [1.165, 1.54) is 6.08 Å². The Morgan fingerprint density at radius 2 is 2.15 bits per heavy atom. The highest BCUT2D eigenvalue weighted by molar-refractivity contribution is 5.98. The van der Waals surface area contributed by atoms with E-state index in [1.54, 1.807) is 0 Å². The number of anilines is 1. The van der Waals surface area contributed by atoms with Gasteiger partial charge in [-0.3, -0.25) is 4.79 Å². The molecule has 1 aliphatic heterocycles. The normalized spacial score (nSPS) is 17.4. The maximum absolute atomic E-state index is 11.2.